The third-order valence-electron chi connectivity index (χ3n) is 15.0. The molecule has 0 heterocycles. The minimum atomic E-state index is -1.56. The molecular formula is C44H100MoO4S8. The first-order valence-electron chi connectivity index (χ1n) is 22.4. The zero-order valence-electron chi connectivity index (χ0n) is 41.4. The van der Waals surface area contributed by atoms with Gasteiger partial charge in [-0.15, -0.1) is 0 Å². The van der Waals surface area contributed by atoms with Crippen LogP contribution in [-0.4, -0.2) is 136 Å². The van der Waals surface area contributed by atoms with Crippen LogP contribution in [-0.2, 0) is 90.5 Å². The maximum Gasteiger partial charge on any atom is 4.00 e. The van der Waals surface area contributed by atoms with E-state index in [9.17, 15) is 0 Å². The van der Waals surface area contributed by atoms with Crippen molar-refractivity contribution in [1.82, 2.24) is 0 Å². The molecule has 0 spiro atoms. The predicted molar refractivity (Wildman–Crippen MR) is 295 cm³/mol. The van der Waals surface area contributed by atoms with Crippen LogP contribution in [0.3, 0.4) is 0 Å². The summed E-state index contributed by atoms with van der Waals surface area (Å²) in [6, 6.07) is 0. The summed E-state index contributed by atoms with van der Waals surface area (Å²) >= 11 is 22.1. The van der Waals surface area contributed by atoms with Crippen LogP contribution in [0.2, 0.25) is 0 Å². The van der Waals surface area contributed by atoms with Crippen LogP contribution in [0, 0.1) is 0 Å². The van der Waals surface area contributed by atoms with Gasteiger partial charge in [-0.3, -0.25) is 0 Å². The fourth-order valence-electron chi connectivity index (χ4n) is 7.92. The van der Waals surface area contributed by atoms with E-state index in [1.54, 1.807) is 0 Å². The molecular weight excluding hydrogens is 945 g/mol. The van der Waals surface area contributed by atoms with Crippen LogP contribution in [0.25, 0.3) is 0 Å². The van der Waals surface area contributed by atoms with Gasteiger partial charge < -0.3 is 69.5 Å². The second kappa shape index (κ2) is 31.6. The second-order valence-electron chi connectivity index (χ2n) is 14.6. The first kappa shape index (κ1) is 68.9. The second-order valence-corrected chi connectivity index (χ2v) is 42.2. The van der Waals surface area contributed by atoms with Gasteiger partial charge >= 0.3 is 21.1 Å². The Balaban J connectivity index is -0.000000210. The van der Waals surface area contributed by atoms with Crippen molar-refractivity contribution < 1.29 is 40.0 Å². The van der Waals surface area contributed by atoms with Gasteiger partial charge in [0.2, 0.25) is 0 Å². The van der Waals surface area contributed by atoms with E-state index >= 15 is 0 Å². The third kappa shape index (κ3) is 15.5. The zero-order valence-corrected chi connectivity index (χ0v) is 50.0. The van der Waals surface area contributed by atoms with Crippen LogP contribution in [0.1, 0.15) is 138 Å². The Morgan fingerprint density at radius 2 is 0.333 bits per heavy atom. The third-order valence-corrected chi connectivity index (χ3v) is 49.6. The molecule has 0 amide bonds. The molecule has 0 rings (SSSR count). The van der Waals surface area contributed by atoms with Crippen LogP contribution in [0.5, 0.6) is 0 Å². The molecule has 354 valence electrons. The molecule has 0 aromatic carbocycles. The first-order chi connectivity index (χ1) is 26.2. The monoisotopic (exact) mass is 1050 g/mol. The average molecular weight is 1050 g/mol. The normalized spacial score (nSPS) is 14.6. The van der Waals surface area contributed by atoms with Crippen molar-refractivity contribution in [2.24, 2.45) is 0 Å². The van der Waals surface area contributed by atoms with Crippen molar-refractivity contribution in [2.45, 2.75) is 138 Å². The summed E-state index contributed by atoms with van der Waals surface area (Å²) in [4.78, 5) is 0. The van der Waals surface area contributed by atoms with Gasteiger partial charge in [-0.05, 0) is 120 Å². The molecule has 4 nitrogen and oxygen atoms in total. The van der Waals surface area contributed by atoms with Gasteiger partial charge in [0, 0.05) is 26.4 Å². The van der Waals surface area contributed by atoms with E-state index in [0.29, 0.717) is 26.4 Å². The molecule has 0 saturated carbocycles. The SMILES string of the molecule is CCOC([S-])=S(CC)(CC)(CC)CC.CCOC([S-])=S(CC)(CC)(CC)CC.CCOC([S-])=S(CC)(CC)(CC)CC.CCOC([S-])=S(CC)(CC)(CC)CC.[Mo+4]. The average Bonchev–Trinajstić information content (AvgIpc) is 3.24. The van der Waals surface area contributed by atoms with Crippen molar-refractivity contribution in [3.8, 4) is 0 Å². The molecule has 0 saturated heterocycles. The molecule has 0 N–H and O–H groups in total. The molecule has 0 fully saturated rings. The molecule has 0 aromatic rings. The van der Waals surface area contributed by atoms with E-state index in [2.05, 4.69) is 111 Å². The summed E-state index contributed by atoms with van der Waals surface area (Å²) in [6.07, 6.45) is 0. The Kier molecular flexibility index (Phi) is 38.2. The smallest absolute Gasteiger partial charge is 0.726 e. The summed E-state index contributed by atoms with van der Waals surface area (Å²) in [6.45, 7) is 47.2. The minimum Gasteiger partial charge on any atom is -0.726 e. The van der Waals surface area contributed by atoms with E-state index in [1.165, 1.54) is 92.0 Å². The van der Waals surface area contributed by atoms with Crippen molar-refractivity contribution >= 4 is 103 Å². The van der Waals surface area contributed by atoms with E-state index < -0.39 is 35.0 Å². The summed E-state index contributed by atoms with van der Waals surface area (Å²) in [7, 11) is -6.25. The van der Waals surface area contributed by atoms with E-state index in [1.807, 2.05) is 27.7 Å². The van der Waals surface area contributed by atoms with Crippen LogP contribution in [0.15, 0.2) is 0 Å². The van der Waals surface area contributed by atoms with Crippen LogP contribution in [0.4, 0.5) is 0 Å². The molecule has 13 heteroatoms. The molecule has 0 aliphatic carbocycles. The number of hydrogen-bond donors (Lipinski definition) is 0. The Morgan fingerprint density at radius 1 is 0.246 bits per heavy atom. The van der Waals surface area contributed by atoms with Crippen molar-refractivity contribution in [3.63, 3.8) is 0 Å². The van der Waals surface area contributed by atoms with Crippen molar-refractivity contribution in [3.05, 3.63) is 0 Å². The molecule has 0 radical (unpaired) electrons. The minimum absolute atomic E-state index is 0. The van der Waals surface area contributed by atoms with Gasteiger partial charge in [-0.2, -0.15) is 0 Å². The molecule has 0 aliphatic heterocycles. The fourth-order valence-corrected chi connectivity index (χ4v) is 29.4. The van der Waals surface area contributed by atoms with Gasteiger partial charge in [0.05, 0.1) is 0 Å². The first-order valence-corrected chi connectivity index (χ1v) is 34.9. The number of rotatable bonds is 20. The summed E-state index contributed by atoms with van der Waals surface area (Å²) < 4.78 is 26.3. The zero-order chi connectivity index (χ0) is 45.1. The van der Waals surface area contributed by atoms with Gasteiger partial charge in [-0.25, -0.2) is 35.0 Å². The standard InChI is InChI=1S/4C11H26OS2.Mo/c4*1-6-12-11(13)14(7-2,8-3,9-4)10-5;/h4*13H,6-10H2,1-5H3;/q;;;;+4/p-4. The largest absolute Gasteiger partial charge is 4.00 e. The molecule has 57 heavy (non-hydrogen) atoms. The molecule has 0 bridgehead atoms. The van der Waals surface area contributed by atoms with E-state index in [4.69, 9.17) is 69.5 Å². The predicted octanol–water partition coefficient (Wildman–Crippen LogP) is 12.3. The van der Waals surface area contributed by atoms with Gasteiger partial charge in [0.25, 0.3) is 0 Å². The Bertz CT molecular complexity index is 1040. The Hall–Kier alpha value is 2.81. The van der Waals surface area contributed by atoms with Gasteiger partial charge in [0.15, 0.2) is 0 Å². The van der Waals surface area contributed by atoms with E-state index in [0.717, 1.165) is 17.5 Å². The fraction of sp³-hybridized carbons (Fsp3) is 0.909. The molecule has 0 aromatic heterocycles. The van der Waals surface area contributed by atoms with Crippen molar-refractivity contribution in [2.75, 3.05) is 118 Å². The molecule has 0 unspecified atom stereocenters. The summed E-state index contributed by atoms with van der Waals surface area (Å²) in [5.74, 6) is 18.9. The van der Waals surface area contributed by atoms with Gasteiger partial charge in [-0.1, -0.05) is 128 Å². The number of ether oxygens (including phenoxy) is 4. The maximum atomic E-state index is 5.65. The molecule has 0 aliphatic rings. The topological polar surface area (TPSA) is 36.9 Å². The summed E-state index contributed by atoms with van der Waals surface area (Å²) in [5, 5.41) is 0. The molecule has 0 atom stereocenters. The number of hydrogen-bond acceptors (Lipinski definition) is 8. The summed E-state index contributed by atoms with van der Waals surface area (Å²) in [5.41, 5.74) is 0. The van der Waals surface area contributed by atoms with E-state index in [-0.39, 0.29) is 21.1 Å². The van der Waals surface area contributed by atoms with Crippen LogP contribution >= 0.6 is 35.0 Å². The van der Waals surface area contributed by atoms with Crippen molar-refractivity contribution in [1.29, 1.82) is 0 Å². The Morgan fingerprint density at radius 3 is 0.386 bits per heavy atom. The van der Waals surface area contributed by atoms with Crippen LogP contribution < -0.4 is 0 Å². The van der Waals surface area contributed by atoms with Gasteiger partial charge in [0.1, 0.15) is 0 Å². The maximum absolute atomic E-state index is 5.65. The Labute approximate surface area is 396 Å². The quantitative estimate of drug-likeness (QED) is 0.0678.